The molecule has 2 unspecified atom stereocenters. The van der Waals surface area contributed by atoms with Gasteiger partial charge in [0.05, 0.1) is 37.7 Å². The number of rotatable bonds is 7. The van der Waals surface area contributed by atoms with Crippen molar-refractivity contribution in [1.82, 2.24) is 4.98 Å². The zero-order chi connectivity index (χ0) is 18.4. The molecule has 1 heterocycles. The monoisotopic (exact) mass is 366 g/mol. The van der Waals surface area contributed by atoms with Gasteiger partial charge in [0.2, 0.25) is 5.88 Å². The average molecular weight is 366 g/mol. The lowest BCUT2D eigenvalue weighted by Gasteiger charge is -2.24. The molecule has 25 heavy (non-hydrogen) atoms. The van der Waals surface area contributed by atoms with E-state index in [4.69, 9.17) is 19.9 Å². The number of nitrogen functional groups attached to an aromatic ring is 1. The Balaban J connectivity index is 2.17. The van der Waals surface area contributed by atoms with Crippen LogP contribution < -0.4 is 10.5 Å². The molecule has 8 heteroatoms. The summed E-state index contributed by atoms with van der Waals surface area (Å²) in [6.45, 7) is 0. The van der Waals surface area contributed by atoms with Crippen molar-refractivity contribution in [3.05, 3.63) is 53.3 Å². The maximum absolute atomic E-state index is 12.4. The van der Waals surface area contributed by atoms with Gasteiger partial charge in [-0.05, 0) is 17.7 Å². The zero-order valence-electron chi connectivity index (χ0n) is 14.4. The van der Waals surface area contributed by atoms with Crippen LogP contribution in [0.1, 0.15) is 5.56 Å². The van der Waals surface area contributed by atoms with Gasteiger partial charge in [-0.1, -0.05) is 18.2 Å². The highest BCUT2D eigenvalue weighted by molar-refractivity contribution is 7.93. The van der Waals surface area contributed by atoms with Crippen LogP contribution in [0, 0.1) is 5.92 Å². The number of hydrogen-bond donors (Lipinski definition) is 1. The summed E-state index contributed by atoms with van der Waals surface area (Å²) in [5, 5.41) is 1.18. The first kappa shape index (κ1) is 19.0. The van der Waals surface area contributed by atoms with Gasteiger partial charge in [0.25, 0.3) is 0 Å². The third-order valence-corrected chi connectivity index (χ3v) is 5.05. The molecule has 0 radical (unpaired) electrons. The third kappa shape index (κ3) is 4.83. The number of sulfone groups is 1. The Morgan fingerprint density at radius 2 is 2.04 bits per heavy atom. The van der Waals surface area contributed by atoms with E-state index in [-0.39, 0.29) is 23.7 Å². The summed E-state index contributed by atoms with van der Waals surface area (Å²) >= 11 is 0. The Hall–Kier alpha value is -2.32. The summed E-state index contributed by atoms with van der Waals surface area (Å²) in [5.74, 6) is 0.380. The van der Waals surface area contributed by atoms with Crippen molar-refractivity contribution in [2.45, 2.75) is 11.9 Å². The largest absolute Gasteiger partial charge is 0.500 e. The van der Waals surface area contributed by atoms with Gasteiger partial charge >= 0.3 is 0 Å². The molecule has 0 amide bonds. The van der Waals surface area contributed by atoms with Gasteiger partial charge in [-0.3, -0.25) is 0 Å². The molecule has 7 nitrogen and oxygen atoms in total. The molecular formula is C17H22N2O5S. The van der Waals surface area contributed by atoms with Crippen molar-refractivity contribution in [3.8, 4) is 5.88 Å². The average Bonchev–Trinajstić information content (AvgIpc) is 2.59. The van der Waals surface area contributed by atoms with Crippen molar-refractivity contribution in [3.63, 3.8) is 0 Å². The van der Waals surface area contributed by atoms with E-state index in [1.165, 1.54) is 18.7 Å². The van der Waals surface area contributed by atoms with Crippen LogP contribution >= 0.6 is 0 Å². The normalized spacial score (nSPS) is 20.5. The Labute approximate surface area is 147 Å². The Bertz CT molecular complexity index is 799. The molecule has 1 aliphatic carbocycles. The van der Waals surface area contributed by atoms with E-state index in [2.05, 4.69) is 4.98 Å². The molecular weight excluding hydrogens is 344 g/mol. The summed E-state index contributed by atoms with van der Waals surface area (Å²) in [6, 6.07) is 1.54. The molecule has 0 aliphatic heterocycles. The number of nitrogens with zero attached hydrogens (tertiary/aromatic N) is 1. The fourth-order valence-electron chi connectivity index (χ4n) is 2.54. The number of hydrogen-bond acceptors (Lipinski definition) is 7. The van der Waals surface area contributed by atoms with Gasteiger partial charge in [0.15, 0.2) is 9.84 Å². The number of ether oxygens (including phenoxy) is 3. The highest BCUT2D eigenvalue weighted by atomic mass is 32.2. The molecule has 1 aromatic heterocycles. The van der Waals surface area contributed by atoms with Crippen LogP contribution in [0.2, 0.25) is 0 Å². The Morgan fingerprint density at radius 1 is 1.28 bits per heavy atom. The van der Waals surface area contributed by atoms with Gasteiger partial charge in [0, 0.05) is 18.7 Å². The molecule has 0 aromatic carbocycles. The van der Waals surface area contributed by atoms with Gasteiger partial charge in [-0.15, -0.1) is 0 Å². The molecule has 0 fully saturated rings. The summed E-state index contributed by atoms with van der Waals surface area (Å²) in [6.07, 6.45) is 8.16. The number of allylic oxidation sites excluding steroid dienone is 2. The maximum atomic E-state index is 12.4. The minimum atomic E-state index is -3.51. The molecule has 2 N–H and O–H groups in total. The van der Waals surface area contributed by atoms with E-state index in [9.17, 15) is 8.42 Å². The van der Waals surface area contributed by atoms with Gasteiger partial charge in [-0.2, -0.15) is 0 Å². The number of methoxy groups -OCH3 is 3. The van der Waals surface area contributed by atoms with Gasteiger partial charge < -0.3 is 19.9 Å². The van der Waals surface area contributed by atoms with Crippen LogP contribution in [-0.4, -0.2) is 40.8 Å². The smallest absolute Gasteiger partial charge is 0.236 e. The van der Waals surface area contributed by atoms with Crippen molar-refractivity contribution in [2.75, 3.05) is 27.1 Å². The number of anilines is 1. The fourth-order valence-corrected chi connectivity index (χ4v) is 3.66. The van der Waals surface area contributed by atoms with Crippen molar-refractivity contribution in [2.24, 2.45) is 5.92 Å². The first-order chi connectivity index (χ1) is 11.9. The SMILES string of the molecule is COC1=CC=CC(OC)C1/C=C/S(=O)(=O)Cc1cnc(OC)c(N)c1. The quantitative estimate of drug-likeness (QED) is 0.785. The standard InChI is InChI=1S/C17H22N2O5S/c1-22-15-5-4-6-16(23-2)13(15)7-8-25(20,21)11-12-9-14(18)17(24-3)19-10-12/h4-10,13,15H,11,18H2,1-3H3/b8-7+. The number of nitrogens with two attached hydrogens (primary N) is 1. The Kier molecular flexibility index (Phi) is 6.22. The third-order valence-electron chi connectivity index (χ3n) is 3.74. The second kappa shape index (κ2) is 8.17. The second-order valence-corrected chi connectivity index (χ2v) is 7.35. The van der Waals surface area contributed by atoms with Gasteiger partial charge in [-0.25, -0.2) is 13.4 Å². The molecule has 0 saturated carbocycles. The molecule has 2 atom stereocenters. The molecule has 0 spiro atoms. The number of aromatic nitrogens is 1. The van der Waals surface area contributed by atoms with Crippen molar-refractivity contribution < 1.29 is 22.6 Å². The first-order valence-electron chi connectivity index (χ1n) is 7.54. The minimum Gasteiger partial charge on any atom is -0.500 e. The van der Waals surface area contributed by atoms with E-state index < -0.39 is 9.84 Å². The lowest BCUT2D eigenvalue weighted by molar-refractivity contribution is 0.0925. The molecule has 136 valence electrons. The highest BCUT2D eigenvalue weighted by Gasteiger charge is 2.24. The molecule has 0 bridgehead atoms. The lowest BCUT2D eigenvalue weighted by Crippen LogP contribution is -2.24. The molecule has 1 aliphatic rings. The van der Waals surface area contributed by atoms with E-state index >= 15 is 0 Å². The summed E-state index contributed by atoms with van der Waals surface area (Å²) < 4.78 is 40.4. The van der Waals surface area contributed by atoms with E-state index in [0.29, 0.717) is 17.0 Å². The predicted octanol–water partition coefficient (Wildman–Crippen LogP) is 1.83. The van der Waals surface area contributed by atoms with Crippen LogP contribution in [0.3, 0.4) is 0 Å². The van der Waals surface area contributed by atoms with E-state index in [0.717, 1.165) is 0 Å². The van der Waals surface area contributed by atoms with Crippen molar-refractivity contribution in [1.29, 1.82) is 0 Å². The van der Waals surface area contributed by atoms with Crippen LogP contribution in [0.25, 0.3) is 0 Å². The fraction of sp³-hybridized carbons (Fsp3) is 0.353. The van der Waals surface area contributed by atoms with Crippen LogP contribution in [0.15, 0.2) is 47.7 Å². The van der Waals surface area contributed by atoms with E-state index in [1.807, 2.05) is 12.2 Å². The van der Waals surface area contributed by atoms with E-state index in [1.54, 1.807) is 32.4 Å². The Morgan fingerprint density at radius 3 is 2.64 bits per heavy atom. The van der Waals surface area contributed by atoms with Crippen molar-refractivity contribution >= 4 is 15.5 Å². The van der Waals surface area contributed by atoms with Crippen LogP contribution in [0.4, 0.5) is 5.69 Å². The minimum absolute atomic E-state index is 0.211. The lowest BCUT2D eigenvalue weighted by atomic mass is 9.95. The molecule has 1 aromatic rings. The molecule has 2 rings (SSSR count). The summed E-state index contributed by atoms with van der Waals surface area (Å²) in [5.41, 5.74) is 6.54. The van der Waals surface area contributed by atoms with Gasteiger partial charge in [0.1, 0.15) is 5.76 Å². The molecule has 0 saturated heterocycles. The first-order valence-corrected chi connectivity index (χ1v) is 9.26. The van der Waals surface area contributed by atoms with Crippen LogP contribution in [0.5, 0.6) is 5.88 Å². The highest BCUT2D eigenvalue weighted by Crippen LogP contribution is 2.26. The topological polar surface area (TPSA) is 101 Å². The second-order valence-electron chi connectivity index (χ2n) is 5.46. The number of pyridine rings is 1. The summed E-state index contributed by atoms with van der Waals surface area (Å²) in [4.78, 5) is 3.99. The van der Waals surface area contributed by atoms with Crippen LogP contribution in [-0.2, 0) is 25.1 Å². The maximum Gasteiger partial charge on any atom is 0.236 e. The predicted molar refractivity (Wildman–Crippen MR) is 95.5 cm³/mol. The summed E-state index contributed by atoms with van der Waals surface area (Å²) in [7, 11) is 1.04. The zero-order valence-corrected chi connectivity index (χ0v) is 15.2.